The largest absolute Gasteiger partial charge is 0.506 e. The molecule has 1 unspecified atom stereocenters. The highest BCUT2D eigenvalue weighted by Gasteiger charge is 2.29. The minimum Gasteiger partial charge on any atom is -0.506 e. The molecule has 0 fully saturated rings. The zero-order chi connectivity index (χ0) is 19.3. The maximum Gasteiger partial charge on any atom is 0.335 e. The van der Waals surface area contributed by atoms with Crippen molar-refractivity contribution >= 4 is 28.5 Å². The Hall–Kier alpha value is -3.61. The second kappa shape index (κ2) is 5.98. The SMILES string of the molecule is CC1Cc2cccc3c(O)c(C(=O)Nc4cccc(C(=O)O)c4)c(=O)n1c23. The van der Waals surface area contributed by atoms with Crippen LogP contribution >= 0.6 is 0 Å². The number of pyridine rings is 1. The van der Waals surface area contributed by atoms with Gasteiger partial charge in [0.1, 0.15) is 11.3 Å². The molecule has 1 amide bonds. The average Bonchev–Trinajstić information content (AvgIpc) is 2.97. The van der Waals surface area contributed by atoms with Crippen LogP contribution in [0, 0.1) is 0 Å². The van der Waals surface area contributed by atoms with Crippen molar-refractivity contribution in [1.29, 1.82) is 0 Å². The Kier molecular flexibility index (Phi) is 3.73. The summed E-state index contributed by atoms with van der Waals surface area (Å²) in [6.07, 6.45) is 0.651. The van der Waals surface area contributed by atoms with E-state index in [4.69, 9.17) is 5.11 Å². The van der Waals surface area contributed by atoms with Gasteiger partial charge in [-0.15, -0.1) is 0 Å². The van der Waals surface area contributed by atoms with Gasteiger partial charge in [-0.2, -0.15) is 0 Å². The summed E-state index contributed by atoms with van der Waals surface area (Å²) in [5.74, 6) is -2.28. The number of aromatic nitrogens is 1. The Bertz CT molecular complexity index is 1180. The molecule has 1 aliphatic heterocycles. The molecule has 3 N–H and O–H groups in total. The minimum absolute atomic E-state index is 0.00382. The number of carbonyl (C=O) groups excluding carboxylic acids is 1. The smallest absolute Gasteiger partial charge is 0.335 e. The lowest BCUT2D eigenvalue weighted by Gasteiger charge is -2.14. The number of carbonyl (C=O) groups is 2. The minimum atomic E-state index is -1.13. The Labute approximate surface area is 153 Å². The summed E-state index contributed by atoms with van der Waals surface area (Å²) < 4.78 is 1.53. The molecule has 4 rings (SSSR count). The molecular formula is C20H16N2O5. The Morgan fingerprint density at radius 3 is 2.67 bits per heavy atom. The van der Waals surface area contributed by atoms with Crippen molar-refractivity contribution in [2.75, 3.05) is 5.32 Å². The third kappa shape index (κ3) is 2.55. The molecule has 0 saturated heterocycles. The first kappa shape index (κ1) is 16.8. The summed E-state index contributed by atoms with van der Waals surface area (Å²) in [6.45, 7) is 1.88. The third-order valence-electron chi connectivity index (χ3n) is 4.84. The topological polar surface area (TPSA) is 109 Å². The number of carboxylic acids is 1. The quantitative estimate of drug-likeness (QED) is 0.662. The number of aromatic hydroxyl groups is 1. The predicted octanol–water partition coefficient (Wildman–Crippen LogP) is 2.77. The van der Waals surface area contributed by atoms with Gasteiger partial charge in [0.2, 0.25) is 0 Å². The summed E-state index contributed by atoms with van der Waals surface area (Å²) in [6, 6.07) is 10.9. The number of nitrogens with one attached hydrogen (secondary N) is 1. The van der Waals surface area contributed by atoms with Gasteiger partial charge in [0.15, 0.2) is 0 Å². The third-order valence-corrected chi connectivity index (χ3v) is 4.84. The van der Waals surface area contributed by atoms with E-state index in [1.165, 1.54) is 28.8 Å². The van der Waals surface area contributed by atoms with Gasteiger partial charge in [0.25, 0.3) is 11.5 Å². The summed E-state index contributed by atoms with van der Waals surface area (Å²) in [4.78, 5) is 36.8. The molecule has 1 aromatic heterocycles. The van der Waals surface area contributed by atoms with Crippen LogP contribution < -0.4 is 10.9 Å². The Morgan fingerprint density at radius 1 is 1.19 bits per heavy atom. The fraction of sp³-hybridized carbons (Fsp3) is 0.150. The molecule has 1 atom stereocenters. The summed E-state index contributed by atoms with van der Waals surface area (Å²) in [7, 11) is 0. The van der Waals surface area contributed by atoms with Gasteiger partial charge in [-0.3, -0.25) is 9.59 Å². The standard InChI is InChI=1S/C20H16N2O5/c1-10-8-11-4-3-7-14-16(11)22(10)19(25)15(17(14)23)18(24)21-13-6-2-5-12(9-13)20(26)27/h2-7,9-10,23H,8H2,1H3,(H,21,24)(H,26,27). The second-order valence-electron chi connectivity index (χ2n) is 6.61. The van der Waals surface area contributed by atoms with Crippen LogP contribution in [0.5, 0.6) is 5.75 Å². The van der Waals surface area contributed by atoms with Crippen molar-refractivity contribution < 1.29 is 19.8 Å². The molecular weight excluding hydrogens is 348 g/mol. The van der Waals surface area contributed by atoms with E-state index in [2.05, 4.69) is 5.32 Å². The predicted molar refractivity (Wildman–Crippen MR) is 99.6 cm³/mol. The van der Waals surface area contributed by atoms with Gasteiger partial charge < -0.3 is 20.1 Å². The number of hydrogen-bond acceptors (Lipinski definition) is 4. The maximum atomic E-state index is 12.9. The molecule has 2 aromatic carbocycles. The second-order valence-corrected chi connectivity index (χ2v) is 6.61. The highest BCUT2D eigenvalue weighted by Crippen LogP contribution is 2.36. The van der Waals surface area contributed by atoms with Gasteiger partial charge in [0, 0.05) is 17.1 Å². The number of anilines is 1. The van der Waals surface area contributed by atoms with E-state index in [9.17, 15) is 19.5 Å². The summed E-state index contributed by atoms with van der Waals surface area (Å²) >= 11 is 0. The van der Waals surface area contributed by atoms with Crippen LogP contribution in [0.25, 0.3) is 10.9 Å². The molecule has 1 aliphatic rings. The fourth-order valence-electron chi connectivity index (χ4n) is 3.65. The van der Waals surface area contributed by atoms with Crippen molar-refractivity contribution in [3.8, 4) is 5.75 Å². The zero-order valence-corrected chi connectivity index (χ0v) is 14.4. The van der Waals surface area contributed by atoms with Crippen molar-refractivity contribution in [2.24, 2.45) is 0 Å². The lowest BCUT2D eigenvalue weighted by molar-refractivity contribution is 0.0696. The number of benzene rings is 2. The molecule has 27 heavy (non-hydrogen) atoms. The number of aromatic carboxylic acids is 1. The highest BCUT2D eigenvalue weighted by molar-refractivity contribution is 6.09. The summed E-state index contributed by atoms with van der Waals surface area (Å²) in [5.41, 5.74) is 0.912. The molecule has 0 saturated carbocycles. The van der Waals surface area contributed by atoms with Crippen LogP contribution in [0.1, 0.15) is 39.2 Å². The van der Waals surface area contributed by atoms with Crippen LogP contribution in [0.2, 0.25) is 0 Å². The van der Waals surface area contributed by atoms with Crippen LogP contribution in [0.15, 0.2) is 47.3 Å². The Morgan fingerprint density at radius 2 is 1.93 bits per heavy atom. The monoisotopic (exact) mass is 364 g/mol. The van der Waals surface area contributed by atoms with E-state index in [0.717, 1.165) is 5.56 Å². The van der Waals surface area contributed by atoms with E-state index in [1.54, 1.807) is 12.1 Å². The van der Waals surface area contributed by atoms with E-state index >= 15 is 0 Å². The lowest BCUT2D eigenvalue weighted by atomic mass is 10.1. The van der Waals surface area contributed by atoms with Gasteiger partial charge >= 0.3 is 5.97 Å². The fourth-order valence-corrected chi connectivity index (χ4v) is 3.65. The van der Waals surface area contributed by atoms with E-state index in [1.807, 2.05) is 13.0 Å². The van der Waals surface area contributed by atoms with Crippen LogP contribution in [-0.2, 0) is 6.42 Å². The van der Waals surface area contributed by atoms with Crippen molar-refractivity contribution in [1.82, 2.24) is 4.57 Å². The molecule has 0 bridgehead atoms. The van der Waals surface area contributed by atoms with Crippen molar-refractivity contribution in [3.05, 3.63) is 69.5 Å². The Balaban J connectivity index is 1.84. The maximum absolute atomic E-state index is 12.9. The number of nitrogens with zero attached hydrogens (tertiary/aromatic N) is 1. The number of amides is 1. The normalized spacial score (nSPS) is 15.1. The number of para-hydroxylation sites is 1. The van der Waals surface area contributed by atoms with Gasteiger partial charge in [-0.05, 0) is 43.2 Å². The molecule has 3 aromatic rings. The highest BCUT2D eigenvalue weighted by atomic mass is 16.4. The first-order valence-electron chi connectivity index (χ1n) is 8.42. The molecule has 7 heteroatoms. The van der Waals surface area contributed by atoms with Crippen molar-refractivity contribution in [2.45, 2.75) is 19.4 Å². The van der Waals surface area contributed by atoms with Gasteiger partial charge in [-0.25, -0.2) is 4.79 Å². The van der Waals surface area contributed by atoms with Crippen LogP contribution in [0.4, 0.5) is 5.69 Å². The molecule has 0 aliphatic carbocycles. The van der Waals surface area contributed by atoms with Gasteiger partial charge in [-0.1, -0.05) is 18.2 Å². The lowest BCUT2D eigenvalue weighted by Crippen LogP contribution is -2.30. The molecule has 7 nitrogen and oxygen atoms in total. The van der Waals surface area contributed by atoms with Gasteiger partial charge in [0.05, 0.1) is 11.1 Å². The van der Waals surface area contributed by atoms with Crippen molar-refractivity contribution in [3.63, 3.8) is 0 Å². The molecule has 136 valence electrons. The van der Waals surface area contributed by atoms with Crippen LogP contribution in [-0.4, -0.2) is 26.7 Å². The first-order valence-corrected chi connectivity index (χ1v) is 8.42. The molecule has 0 spiro atoms. The van der Waals surface area contributed by atoms with E-state index < -0.39 is 17.4 Å². The number of hydrogen-bond donors (Lipinski definition) is 3. The average molecular weight is 364 g/mol. The number of carboxylic acid groups (broad SMARTS) is 1. The van der Waals surface area contributed by atoms with E-state index in [-0.39, 0.29) is 28.6 Å². The zero-order valence-electron chi connectivity index (χ0n) is 14.4. The van der Waals surface area contributed by atoms with Crippen LogP contribution in [0.3, 0.4) is 0 Å². The molecule has 0 radical (unpaired) electrons. The number of rotatable bonds is 3. The first-order chi connectivity index (χ1) is 12.9. The summed E-state index contributed by atoms with van der Waals surface area (Å²) in [5, 5.41) is 22.6. The van der Waals surface area contributed by atoms with E-state index in [0.29, 0.717) is 17.3 Å². The molecule has 2 heterocycles.